The lowest BCUT2D eigenvalue weighted by Crippen LogP contribution is -2.47. The number of carbonyl (C=O) groups excluding carboxylic acids is 1. The molecule has 0 aromatic heterocycles. The van der Waals surface area contributed by atoms with E-state index < -0.39 is 27.1 Å². The lowest BCUT2D eigenvalue weighted by Gasteiger charge is -2.36. The summed E-state index contributed by atoms with van der Waals surface area (Å²) < 4.78 is 24.5. The number of hydrogen-bond acceptors (Lipinski definition) is 4. The van der Waals surface area contributed by atoms with Gasteiger partial charge >= 0.3 is 5.97 Å². The average molecular weight is 308 g/mol. The Labute approximate surface area is 122 Å². The SMILES string of the molecule is O=C(O)C1(C2CS(=O)(=O)c3ccccc32)CCCCC1=O. The number of hydrogen-bond donors (Lipinski definition) is 1. The molecular weight excluding hydrogens is 292 g/mol. The van der Waals surface area contributed by atoms with Crippen LogP contribution < -0.4 is 0 Å². The van der Waals surface area contributed by atoms with Gasteiger partial charge in [-0.05, 0) is 24.5 Å². The normalized spacial score (nSPS) is 30.9. The summed E-state index contributed by atoms with van der Waals surface area (Å²) >= 11 is 0. The summed E-state index contributed by atoms with van der Waals surface area (Å²) in [6.45, 7) is 0. The van der Waals surface area contributed by atoms with Gasteiger partial charge in [-0.3, -0.25) is 9.59 Å². The van der Waals surface area contributed by atoms with E-state index in [-0.39, 0.29) is 29.3 Å². The largest absolute Gasteiger partial charge is 0.480 e. The fourth-order valence-electron chi connectivity index (χ4n) is 3.65. The van der Waals surface area contributed by atoms with Gasteiger partial charge in [0.2, 0.25) is 0 Å². The first-order valence-corrected chi connectivity index (χ1v) is 8.63. The van der Waals surface area contributed by atoms with E-state index in [1.807, 2.05) is 0 Å². The first-order chi connectivity index (χ1) is 9.89. The monoisotopic (exact) mass is 308 g/mol. The third-order valence-corrected chi connectivity index (χ3v) is 6.53. The van der Waals surface area contributed by atoms with Crippen LogP contribution >= 0.6 is 0 Å². The maximum absolute atomic E-state index is 12.4. The van der Waals surface area contributed by atoms with Gasteiger partial charge in [-0.1, -0.05) is 24.6 Å². The smallest absolute Gasteiger partial charge is 0.317 e. The van der Waals surface area contributed by atoms with Gasteiger partial charge in [0, 0.05) is 12.3 Å². The van der Waals surface area contributed by atoms with Crippen molar-refractivity contribution in [3.63, 3.8) is 0 Å². The molecule has 1 fully saturated rings. The van der Waals surface area contributed by atoms with Crippen molar-refractivity contribution in [3.8, 4) is 0 Å². The first kappa shape index (κ1) is 14.3. The number of fused-ring (bicyclic) bond motifs is 1. The number of rotatable bonds is 2. The lowest BCUT2D eigenvalue weighted by atomic mass is 9.63. The number of Topliss-reactive ketones (excluding diaryl/α,β-unsaturated/α-hetero) is 1. The summed E-state index contributed by atoms with van der Waals surface area (Å²) in [5.74, 6) is -2.59. The summed E-state index contributed by atoms with van der Waals surface area (Å²) in [5.41, 5.74) is -1.10. The highest BCUT2D eigenvalue weighted by atomic mass is 32.2. The van der Waals surface area contributed by atoms with E-state index >= 15 is 0 Å². The van der Waals surface area contributed by atoms with E-state index in [9.17, 15) is 23.1 Å². The minimum absolute atomic E-state index is 0.175. The Balaban J connectivity index is 2.19. The van der Waals surface area contributed by atoms with Crippen LogP contribution in [-0.2, 0) is 19.4 Å². The molecule has 2 atom stereocenters. The van der Waals surface area contributed by atoms with Crippen molar-refractivity contribution in [1.29, 1.82) is 0 Å². The number of carboxylic acid groups (broad SMARTS) is 1. The number of carboxylic acids is 1. The molecule has 1 saturated carbocycles. The second-order valence-electron chi connectivity index (χ2n) is 5.78. The Bertz CT molecular complexity index is 721. The standard InChI is InChI=1S/C15H16O5S/c16-13-7-3-4-8-15(13,14(17)18)11-9-21(19,20)12-6-2-1-5-10(11)12/h1-2,5-6,11H,3-4,7-9H2,(H,17,18). The molecule has 6 heteroatoms. The molecule has 1 aromatic carbocycles. The molecule has 2 unspecified atom stereocenters. The van der Waals surface area contributed by atoms with Crippen LogP contribution in [0.1, 0.15) is 37.2 Å². The molecule has 1 aromatic rings. The molecule has 112 valence electrons. The highest BCUT2D eigenvalue weighted by molar-refractivity contribution is 7.91. The molecule has 2 aliphatic rings. The lowest BCUT2D eigenvalue weighted by molar-refractivity contribution is -0.158. The molecule has 21 heavy (non-hydrogen) atoms. The molecule has 3 rings (SSSR count). The van der Waals surface area contributed by atoms with Crippen molar-refractivity contribution < 1.29 is 23.1 Å². The van der Waals surface area contributed by atoms with Crippen molar-refractivity contribution in [2.24, 2.45) is 5.41 Å². The molecule has 0 bridgehead atoms. The number of carbonyl (C=O) groups is 2. The van der Waals surface area contributed by atoms with Crippen LogP contribution in [0.25, 0.3) is 0 Å². The van der Waals surface area contributed by atoms with E-state index in [1.165, 1.54) is 6.07 Å². The van der Waals surface area contributed by atoms with Gasteiger partial charge in [0.1, 0.15) is 5.41 Å². The van der Waals surface area contributed by atoms with Gasteiger partial charge < -0.3 is 5.11 Å². The van der Waals surface area contributed by atoms with Gasteiger partial charge in [0.25, 0.3) is 0 Å². The number of ketones is 1. The highest BCUT2D eigenvalue weighted by Crippen LogP contribution is 2.51. The van der Waals surface area contributed by atoms with E-state index in [0.717, 1.165) is 0 Å². The minimum atomic E-state index is -3.51. The first-order valence-electron chi connectivity index (χ1n) is 6.98. The zero-order chi connectivity index (χ0) is 15.3. The third-order valence-electron chi connectivity index (χ3n) is 4.71. The van der Waals surface area contributed by atoms with Crippen LogP contribution in [0.2, 0.25) is 0 Å². The zero-order valence-corrected chi connectivity index (χ0v) is 12.2. The average Bonchev–Trinajstić information content (AvgIpc) is 2.72. The van der Waals surface area contributed by atoms with Crippen LogP contribution in [-0.4, -0.2) is 31.0 Å². The van der Waals surface area contributed by atoms with Crippen LogP contribution in [0.15, 0.2) is 29.2 Å². The summed E-state index contributed by atoms with van der Waals surface area (Å²) in [7, 11) is -3.51. The number of benzene rings is 1. The summed E-state index contributed by atoms with van der Waals surface area (Å²) in [5, 5.41) is 9.70. The second kappa shape index (κ2) is 4.66. The predicted molar refractivity (Wildman–Crippen MR) is 74.8 cm³/mol. The molecule has 1 aliphatic carbocycles. The van der Waals surface area contributed by atoms with Crippen LogP contribution in [0.4, 0.5) is 0 Å². The summed E-state index contributed by atoms with van der Waals surface area (Å²) in [6.07, 6.45) is 1.74. The van der Waals surface area contributed by atoms with Crippen LogP contribution in [0.3, 0.4) is 0 Å². The van der Waals surface area contributed by atoms with E-state index in [1.54, 1.807) is 18.2 Å². The van der Waals surface area contributed by atoms with Gasteiger partial charge in [-0.2, -0.15) is 0 Å². The molecule has 1 aliphatic heterocycles. The quantitative estimate of drug-likeness (QED) is 0.841. The van der Waals surface area contributed by atoms with E-state index in [2.05, 4.69) is 0 Å². The fourth-order valence-corrected chi connectivity index (χ4v) is 5.59. The van der Waals surface area contributed by atoms with Gasteiger partial charge in [-0.15, -0.1) is 0 Å². The molecule has 0 spiro atoms. The summed E-state index contributed by atoms with van der Waals surface area (Å²) in [4.78, 5) is 24.4. The van der Waals surface area contributed by atoms with E-state index in [4.69, 9.17) is 0 Å². The minimum Gasteiger partial charge on any atom is -0.480 e. The molecular formula is C15H16O5S. The van der Waals surface area contributed by atoms with Crippen molar-refractivity contribution in [3.05, 3.63) is 29.8 Å². The number of aliphatic carboxylic acids is 1. The number of sulfone groups is 1. The van der Waals surface area contributed by atoms with Crippen LogP contribution in [0, 0.1) is 5.41 Å². The summed E-state index contributed by atoms with van der Waals surface area (Å²) in [6, 6.07) is 6.44. The maximum atomic E-state index is 12.4. The van der Waals surface area contributed by atoms with Crippen molar-refractivity contribution in [2.45, 2.75) is 36.5 Å². The Kier molecular flexibility index (Phi) is 3.16. The zero-order valence-electron chi connectivity index (χ0n) is 11.4. The topological polar surface area (TPSA) is 88.5 Å². The fraction of sp³-hybridized carbons (Fsp3) is 0.467. The van der Waals surface area contributed by atoms with Crippen molar-refractivity contribution >= 4 is 21.6 Å². The second-order valence-corrected chi connectivity index (χ2v) is 7.78. The third kappa shape index (κ3) is 1.92. The van der Waals surface area contributed by atoms with Gasteiger partial charge in [-0.25, -0.2) is 8.42 Å². The molecule has 1 N–H and O–H groups in total. The van der Waals surface area contributed by atoms with Crippen LogP contribution in [0.5, 0.6) is 0 Å². The van der Waals surface area contributed by atoms with Crippen molar-refractivity contribution in [2.75, 3.05) is 5.75 Å². The molecule has 0 saturated heterocycles. The predicted octanol–water partition coefficient (Wildman–Crippen LogP) is 1.77. The molecule has 5 nitrogen and oxygen atoms in total. The Morgan fingerprint density at radius 3 is 2.62 bits per heavy atom. The Morgan fingerprint density at radius 2 is 1.95 bits per heavy atom. The van der Waals surface area contributed by atoms with Gasteiger partial charge in [0.05, 0.1) is 10.6 Å². The molecule has 1 heterocycles. The Morgan fingerprint density at radius 1 is 1.24 bits per heavy atom. The molecule has 0 amide bonds. The van der Waals surface area contributed by atoms with Crippen molar-refractivity contribution in [1.82, 2.24) is 0 Å². The maximum Gasteiger partial charge on any atom is 0.317 e. The van der Waals surface area contributed by atoms with E-state index in [0.29, 0.717) is 18.4 Å². The molecule has 0 radical (unpaired) electrons. The highest BCUT2D eigenvalue weighted by Gasteiger charge is 2.57. The van der Waals surface area contributed by atoms with Gasteiger partial charge in [0.15, 0.2) is 15.6 Å². The Hall–Kier alpha value is -1.69.